The first-order valence-electron chi connectivity index (χ1n) is 10.3. The molecule has 8 heteroatoms. The highest BCUT2D eigenvalue weighted by Crippen LogP contribution is 2.15. The van der Waals surface area contributed by atoms with E-state index >= 15 is 0 Å². The van der Waals surface area contributed by atoms with E-state index in [0.29, 0.717) is 6.04 Å². The van der Waals surface area contributed by atoms with Gasteiger partial charge in [-0.3, -0.25) is 15.2 Å². The van der Waals surface area contributed by atoms with Gasteiger partial charge in [-0.2, -0.15) is 0 Å². The van der Waals surface area contributed by atoms with Crippen LogP contribution in [0.1, 0.15) is 37.3 Å². The Hall–Kier alpha value is -2.29. The van der Waals surface area contributed by atoms with Gasteiger partial charge in [0.05, 0.1) is 12.7 Å². The zero-order chi connectivity index (χ0) is 20.8. The van der Waals surface area contributed by atoms with Gasteiger partial charge in [0.2, 0.25) is 0 Å². The normalized spacial score (nSPS) is 24.4. The van der Waals surface area contributed by atoms with E-state index < -0.39 is 0 Å². The maximum atomic E-state index is 12.5. The molecule has 3 atom stereocenters. The van der Waals surface area contributed by atoms with Crippen LogP contribution >= 0.6 is 0 Å². The molecule has 0 aliphatic carbocycles. The number of carbonyl (C=O) groups is 1. The third kappa shape index (κ3) is 6.09. The number of benzene rings is 1. The van der Waals surface area contributed by atoms with Crippen LogP contribution in [0.5, 0.6) is 0 Å². The molecule has 1 fully saturated rings. The summed E-state index contributed by atoms with van der Waals surface area (Å²) in [7, 11) is 2.02. The molecule has 0 saturated carbocycles. The molecule has 4 N–H and O–H groups in total. The van der Waals surface area contributed by atoms with Crippen molar-refractivity contribution in [1.82, 2.24) is 20.9 Å². The van der Waals surface area contributed by atoms with Crippen LogP contribution in [0.25, 0.3) is 0 Å². The molecule has 1 saturated heterocycles. The fourth-order valence-electron chi connectivity index (χ4n) is 3.63. The molecule has 2 aliphatic rings. The van der Waals surface area contributed by atoms with Crippen LogP contribution in [0, 0.1) is 13.8 Å². The van der Waals surface area contributed by atoms with Crippen LogP contribution in [-0.4, -0.2) is 61.6 Å². The Bertz CT molecular complexity index is 776. The van der Waals surface area contributed by atoms with Gasteiger partial charge in [-0.25, -0.2) is 9.79 Å². The van der Waals surface area contributed by atoms with Crippen molar-refractivity contribution < 1.29 is 4.79 Å². The van der Waals surface area contributed by atoms with Crippen molar-refractivity contribution in [3.8, 4) is 0 Å². The zero-order valence-corrected chi connectivity index (χ0v) is 17.8. The SMILES string of the molecule is Cc1ccc(NC(=O)NC2NC(C)CC(NCCCC3=NC=NC3)N2C)cc1C. The Kier molecular flexibility index (Phi) is 7.35. The van der Waals surface area contributed by atoms with Gasteiger partial charge < -0.3 is 16.0 Å². The molecule has 3 rings (SSSR count). The summed E-state index contributed by atoms with van der Waals surface area (Å²) < 4.78 is 0. The van der Waals surface area contributed by atoms with Crippen LogP contribution in [-0.2, 0) is 0 Å². The first-order chi connectivity index (χ1) is 13.9. The summed E-state index contributed by atoms with van der Waals surface area (Å²) >= 11 is 0. The highest BCUT2D eigenvalue weighted by atomic mass is 16.2. The molecular weight excluding hydrogens is 366 g/mol. The van der Waals surface area contributed by atoms with E-state index in [4.69, 9.17) is 0 Å². The van der Waals surface area contributed by atoms with Crippen molar-refractivity contribution in [3.05, 3.63) is 29.3 Å². The molecule has 0 aromatic heterocycles. The summed E-state index contributed by atoms with van der Waals surface area (Å²) in [6, 6.07) is 6.00. The summed E-state index contributed by atoms with van der Waals surface area (Å²) in [4.78, 5) is 23.0. The predicted molar refractivity (Wildman–Crippen MR) is 119 cm³/mol. The molecule has 0 spiro atoms. The van der Waals surface area contributed by atoms with Gasteiger partial charge in [-0.15, -0.1) is 0 Å². The van der Waals surface area contributed by atoms with E-state index in [1.807, 2.05) is 32.2 Å². The highest BCUT2D eigenvalue weighted by molar-refractivity contribution is 5.96. The van der Waals surface area contributed by atoms with E-state index in [0.717, 1.165) is 49.3 Å². The molecule has 1 aromatic carbocycles. The molecular formula is C21H33N7O. The Labute approximate surface area is 173 Å². The van der Waals surface area contributed by atoms with E-state index in [2.05, 4.69) is 50.0 Å². The Balaban J connectivity index is 1.47. The number of aliphatic imine (C=N–C) groups is 2. The van der Waals surface area contributed by atoms with Gasteiger partial charge in [0.25, 0.3) is 0 Å². The van der Waals surface area contributed by atoms with Crippen molar-refractivity contribution in [2.75, 3.05) is 25.5 Å². The number of hydrogen-bond acceptors (Lipinski definition) is 6. The molecule has 0 radical (unpaired) electrons. The monoisotopic (exact) mass is 399 g/mol. The minimum absolute atomic E-state index is 0.194. The third-order valence-electron chi connectivity index (χ3n) is 5.57. The number of aryl methyl sites for hydroxylation is 2. The largest absolute Gasteiger partial charge is 0.321 e. The molecule has 1 aromatic rings. The van der Waals surface area contributed by atoms with E-state index in [1.165, 1.54) is 5.56 Å². The lowest BCUT2D eigenvalue weighted by molar-refractivity contribution is 0.0448. The quantitative estimate of drug-likeness (QED) is 0.529. The van der Waals surface area contributed by atoms with Crippen molar-refractivity contribution in [2.45, 2.75) is 58.5 Å². The van der Waals surface area contributed by atoms with Crippen LogP contribution in [0.3, 0.4) is 0 Å². The minimum atomic E-state index is -0.240. The predicted octanol–water partition coefficient (Wildman–Crippen LogP) is 2.20. The first-order valence-corrected chi connectivity index (χ1v) is 10.3. The van der Waals surface area contributed by atoms with Gasteiger partial charge >= 0.3 is 6.03 Å². The lowest BCUT2D eigenvalue weighted by atomic mass is 10.1. The summed E-state index contributed by atoms with van der Waals surface area (Å²) in [6.45, 7) is 7.89. The third-order valence-corrected chi connectivity index (χ3v) is 5.57. The molecule has 29 heavy (non-hydrogen) atoms. The highest BCUT2D eigenvalue weighted by Gasteiger charge is 2.31. The molecule has 2 aliphatic heterocycles. The van der Waals surface area contributed by atoms with Gasteiger partial charge in [0.1, 0.15) is 12.6 Å². The lowest BCUT2D eigenvalue weighted by Gasteiger charge is -2.43. The van der Waals surface area contributed by atoms with Crippen LogP contribution < -0.4 is 21.3 Å². The summed E-state index contributed by atoms with van der Waals surface area (Å²) in [5.41, 5.74) is 4.32. The second-order valence-electron chi connectivity index (χ2n) is 7.99. The average molecular weight is 400 g/mol. The second-order valence-corrected chi connectivity index (χ2v) is 7.99. The number of hydrogen-bond donors (Lipinski definition) is 4. The van der Waals surface area contributed by atoms with Crippen molar-refractivity contribution in [1.29, 1.82) is 0 Å². The fourth-order valence-corrected chi connectivity index (χ4v) is 3.63. The van der Waals surface area contributed by atoms with E-state index in [-0.39, 0.29) is 18.5 Å². The topological polar surface area (TPSA) is 93.1 Å². The van der Waals surface area contributed by atoms with Gasteiger partial charge in [0.15, 0.2) is 0 Å². The van der Waals surface area contributed by atoms with Gasteiger partial charge in [-0.1, -0.05) is 6.07 Å². The minimum Gasteiger partial charge on any atom is -0.309 e. The van der Waals surface area contributed by atoms with Crippen LogP contribution in [0.15, 0.2) is 28.2 Å². The van der Waals surface area contributed by atoms with Crippen LogP contribution in [0.2, 0.25) is 0 Å². The second kappa shape index (κ2) is 9.96. The smallest absolute Gasteiger partial charge is 0.309 e. The summed E-state index contributed by atoms with van der Waals surface area (Å²) in [5, 5.41) is 13.0. The standard InChI is InChI=1S/C21H33N7O/c1-14-7-8-17(10-15(14)2)26-21(29)27-20-25-16(3)11-19(28(20)4)23-9-5-6-18-12-22-13-24-18/h7-8,10,13,16,19-20,23,25H,5-6,9,11-12H2,1-4H3,(H2,26,27,29). The summed E-state index contributed by atoms with van der Waals surface area (Å²) in [5.74, 6) is 0. The van der Waals surface area contributed by atoms with Crippen molar-refractivity contribution in [2.24, 2.45) is 9.98 Å². The Morgan fingerprint density at radius 2 is 2.14 bits per heavy atom. The molecule has 8 nitrogen and oxygen atoms in total. The van der Waals surface area contributed by atoms with Gasteiger partial charge in [-0.05, 0) is 76.9 Å². The van der Waals surface area contributed by atoms with Gasteiger partial charge in [0, 0.05) is 17.4 Å². The maximum Gasteiger partial charge on any atom is 0.321 e. The van der Waals surface area contributed by atoms with E-state index in [1.54, 1.807) is 6.34 Å². The molecule has 158 valence electrons. The molecule has 3 unspecified atom stereocenters. The number of carbonyl (C=O) groups excluding carboxylic acids is 1. The Morgan fingerprint density at radius 3 is 2.86 bits per heavy atom. The number of anilines is 1. The number of rotatable bonds is 7. The summed E-state index contributed by atoms with van der Waals surface area (Å²) in [6.07, 6.45) is 4.56. The van der Waals surface area contributed by atoms with Crippen LogP contribution in [0.4, 0.5) is 10.5 Å². The first kappa shape index (κ1) is 21.4. The number of amides is 2. The van der Waals surface area contributed by atoms with Crippen molar-refractivity contribution in [3.63, 3.8) is 0 Å². The van der Waals surface area contributed by atoms with E-state index in [9.17, 15) is 4.79 Å². The van der Waals surface area contributed by atoms with Crippen molar-refractivity contribution >= 4 is 23.8 Å². The molecule has 2 amide bonds. The Morgan fingerprint density at radius 1 is 1.31 bits per heavy atom. The number of urea groups is 1. The number of nitrogens with one attached hydrogen (secondary N) is 4. The molecule has 0 bridgehead atoms. The molecule has 2 heterocycles. The number of nitrogens with zero attached hydrogens (tertiary/aromatic N) is 3. The lowest BCUT2D eigenvalue weighted by Crippen LogP contribution is -2.68. The fraction of sp³-hybridized carbons (Fsp3) is 0.571. The average Bonchev–Trinajstić information content (AvgIpc) is 3.18. The maximum absolute atomic E-state index is 12.5. The zero-order valence-electron chi connectivity index (χ0n) is 17.8.